The molecule has 0 aromatic heterocycles. The highest BCUT2D eigenvalue weighted by Crippen LogP contribution is 2.29. The first-order chi connectivity index (χ1) is 13.5. The molecule has 0 bridgehead atoms. The molecular formula is C22H36N4O2. The van der Waals surface area contributed by atoms with E-state index in [0.717, 1.165) is 56.2 Å². The molecule has 0 spiro atoms. The van der Waals surface area contributed by atoms with Gasteiger partial charge in [0.15, 0.2) is 0 Å². The summed E-state index contributed by atoms with van der Waals surface area (Å²) in [6, 6.07) is 4.14. The van der Waals surface area contributed by atoms with Gasteiger partial charge in [0.25, 0.3) is 5.91 Å². The molecule has 2 heterocycles. The molecule has 0 unspecified atom stereocenters. The third kappa shape index (κ3) is 5.17. The number of nitrogens with zero attached hydrogens (tertiary/aromatic N) is 2. The number of piperidine rings is 2. The molecule has 0 aliphatic carbocycles. The standard InChI is InChI=1S/C22H36N4O2/c1-16-13-19(21(28-4)14-20(16)25(2)3)22(27)24-18-7-11-26(12-8-18)15-17-5-9-23-10-6-17/h13-14,17-18,23H,5-12,15H2,1-4H3,(H,24,27). The SMILES string of the molecule is COc1cc(N(C)C)c(C)cc1C(=O)NC1CCN(CC2CCNCC2)CC1. The summed E-state index contributed by atoms with van der Waals surface area (Å²) in [5, 5.41) is 6.68. The number of hydrogen-bond acceptors (Lipinski definition) is 5. The van der Waals surface area contributed by atoms with Crippen LogP contribution in [0.2, 0.25) is 0 Å². The van der Waals surface area contributed by atoms with E-state index in [4.69, 9.17) is 4.74 Å². The first-order valence-corrected chi connectivity index (χ1v) is 10.6. The monoisotopic (exact) mass is 388 g/mol. The average Bonchev–Trinajstić information content (AvgIpc) is 2.69. The fourth-order valence-electron chi connectivity index (χ4n) is 4.46. The Kier molecular flexibility index (Phi) is 7.18. The van der Waals surface area contributed by atoms with Gasteiger partial charge in [0.2, 0.25) is 0 Å². The molecule has 0 radical (unpaired) electrons. The van der Waals surface area contributed by atoms with Crippen LogP contribution in [-0.4, -0.2) is 70.8 Å². The van der Waals surface area contributed by atoms with Crippen molar-refractivity contribution < 1.29 is 9.53 Å². The van der Waals surface area contributed by atoms with Crippen LogP contribution in [0.5, 0.6) is 5.75 Å². The van der Waals surface area contributed by atoms with Crippen LogP contribution < -0.4 is 20.3 Å². The number of carbonyl (C=O) groups is 1. The van der Waals surface area contributed by atoms with Crippen molar-refractivity contribution >= 4 is 11.6 Å². The van der Waals surface area contributed by atoms with Crippen molar-refractivity contribution in [2.75, 3.05) is 58.8 Å². The van der Waals surface area contributed by atoms with Gasteiger partial charge in [-0.25, -0.2) is 0 Å². The molecule has 156 valence electrons. The molecule has 28 heavy (non-hydrogen) atoms. The predicted molar refractivity (Wildman–Crippen MR) is 115 cm³/mol. The maximum Gasteiger partial charge on any atom is 0.255 e. The number of rotatable bonds is 6. The third-order valence-electron chi connectivity index (χ3n) is 6.14. The van der Waals surface area contributed by atoms with Gasteiger partial charge >= 0.3 is 0 Å². The molecule has 2 aliphatic heterocycles. The first-order valence-electron chi connectivity index (χ1n) is 10.6. The fraction of sp³-hybridized carbons (Fsp3) is 0.682. The number of nitrogens with one attached hydrogen (secondary N) is 2. The van der Waals surface area contributed by atoms with Gasteiger partial charge < -0.3 is 25.2 Å². The summed E-state index contributed by atoms with van der Waals surface area (Å²) < 4.78 is 5.50. The lowest BCUT2D eigenvalue weighted by Crippen LogP contribution is -2.46. The molecule has 2 fully saturated rings. The van der Waals surface area contributed by atoms with Gasteiger partial charge in [-0.1, -0.05) is 0 Å². The van der Waals surface area contributed by atoms with Crippen molar-refractivity contribution in [1.29, 1.82) is 0 Å². The van der Waals surface area contributed by atoms with Crippen molar-refractivity contribution in [1.82, 2.24) is 15.5 Å². The second kappa shape index (κ2) is 9.61. The highest BCUT2D eigenvalue weighted by Gasteiger charge is 2.25. The smallest absolute Gasteiger partial charge is 0.255 e. The van der Waals surface area contributed by atoms with E-state index in [-0.39, 0.29) is 11.9 Å². The minimum atomic E-state index is -0.0259. The zero-order chi connectivity index (χ0) is 20.1. The highest BCUT2D eigenvalue weighted by atomic mass is 16.5. The van der Waals surface area contributed by atoms with E-state index < -0.39 is 0 Å². The molecule has 2 saturated heterocycles. The molecule has 0 saturated carbocycles. The van der Waals surface area contributed by atoms with E-state index in [1.807, 2.05) is 38.1 Å². The first kappa shape index (κ1) is 20.9. The van der Waals surface area contributed by atoms with Crippen LogP contribution >= 0.6 is 0 Å². The molecule has 2 N–H and O–H groups in total. The van der Waals surface area contributed by atoms with Crippen molar-refractivity contribution in [2.45, 2.75) is 38.6 Å². The Balaban J connectivity index is 1.55. The zero-order valence-corrected chi connectivity index (χ0v) is 17.9. The fourth-order valence-corrected chi connectivity index (χ4v) is 4.46. The highest BCUT2D eigenvalue weighted by molar-refractivity contribution is 5.98. The minimum absolute atomic E-state index is 0.0259. The van der Waals surface area contributed by atoms with E-state index in [2.05, 4.69) is 15.5 Å². The number of hydrogen-bond donors (Lipinski definition) is 2. The number of aryl methyl sites for hydroxylation is 1. The number of carbonyl (C=O) groups excluding carboxylic acids is 1. The number of anilines is 1. The summed E-state index contributed by atoms with van der Waals surface area (Å²) in [5.41, 5.74) is 2.77. The molecule has 0 atom stereocenters. The van der Waals surface area contributed by atoms with Crippen LogP contribution in [-0.2, 0) is 0 Å². The third-order valence-corrected chi connectivity index (χ3v) is 6.14. The van der Waals surface area contributed by atoms with Crippen molar-refractivity contribution in [2.24, 2.45) is 5.92 Å². The summed E-state index contributed by atoms with van der Waals surface area (Å²) in [5.74, 6) is 1.44. The van der Waals surface area contributed by atoms with E-state index >= 15 is 0 Å². The number of likely N-dealkylation sites (tertiary alicyclic amines) is 1. The lowest BCUT2D eigenvalue weighted by molar-refractivity contribution is 0.0899. The van der Waals surface area contributed by atoms with Gasteiger partial charge in [-0.2, -0.15) is 0 Å². The number of benzene rings is 1. The van der Waals surface area contributed by atoms with Crippen LogP contribution in [0.15, 0.2) is 12.1 Å². The number of methoxy groups -OCH3 is 1. The second-order valence-corrected chi connectivity index (χ2v) is 8.48. The molecule has 2 aliphatic rings. The summed E-state index contributed by atoms with van der Waals surface area (Å²) >= 11 is 0. The molecule has 6 nitrogen and oxygen atoms in total. The molecular weight excluding hydrogens is 352 g/mol. The molecule has 1 aromatic rings. The van der Waals surface area contributed by atoms with E-state index in [0.29, 0.717) is 11.3 Å². The summed E-state index contributed by atoms with van der Waals surface area (Å²) in [4.78, 5) is 17.5. The van der Waals surface area contributed by atoms with Crippen molar-refractivity contribution in [3.8, 4) is 5.75 Å². The van der Waals surface area contributed by atoms with Gasteiger partial charge in [0.05, 0.1) is 12.7 Å². The minimum Gasteiger partial charge on any atom is -0.496 e. The van der Waals surface area contributed by atoms with Gasteiger partial charge in [-0.05, 0) is 63.2 Å². The van der Waals surface area contributed by atoms with E-state index in [1.54, 1.807) is 7.11 Å². The number of ether oxygens (including phenoxy) is 1. The van der Waals surface area contributed by atoms with Crippen LogP contribution in [0, 0.1) is 12.8 Å². The van der Waals surface area contributed by atoms with Crippen molar-refractivity contribution in [3.05, 3.63) is 23.3 Å². The maximum absolute atomic E-state index is 12.9. The Labute approximate surface area is 169 Å². The lowest BCUT2D eigenvalue weighted by atomic mass is 9.95. The van der Waals surface area contributed by atoms with E-state index in [1.165, 1.54) is 19.4 Å². The average molecular weight is 389 g/mol. The van der Waals surface area contributed by atoms with Crippen LogP contribution in [0.4, 0.5) is 5.69 Å². The molecule has 6 heteroatoms. The second-order valence-electron chi connectivity index (χ2n) is 8.48. The van der Waals surface area contributed by atoms with Gasteiger partial charge in [-0.3, -0.25) is 4.79 Å². The van der Waals surface area contributed by atoms with Gasteiger partial charge in [-0.15, -0.1) is 0 Å². The number of amides is 1. The Morgan fingerprint density at radius 2 is 1.89 bits per heavy atom. The maximum atomic E-state index is 12.9. The predicted octanol–water partition coefficient (Wildman–Crippen LogP) is 2.26. The largest absolute Gasteiger partial charge is 0.496 e. The normalized spacial score (nSPS) is 19.4. The summed E-state index contributed by atoms with van der Waals surface area (Å²) in [7, 11) is 5.62. The molecule has 3 rings (SSSR count). The van der Waals surface area contributed by atoms with Gasteiger partial charge in [0, 0.05) is 51.5 Å². The Morgan fingerprint density at radius 1 is 1.21 bits per heavy atom. The molecule has 1 amide bonds. The lowest BCUT2D eigenvalue weighted by Gasteiger charge is -2.35. The Morgan fingerprint density at radius 3 is 2.50 bits per heavy atom. The van der Waals surface area contributed by atoms with Crippen LogP contribution in [0.1, 0.15) is 41.6 Å². The Bertz CT molecular complexity index is 663. The van der Waals surface area contributed by atoms with Crippen molar-refractivity contribution in [3.63, 3.8) is 0 Å². The van der Waals surface area contributed by atoms with Crippen LogP contribution in [0.3, 0.4) is 0 Å². The zero-order valence-electron chi connectivity index (χ0n) is 17.9. The van der Waals surface area contributed by atoms with Gasteiger partial charge in [0.1, 0.15) is 5.75 Å². The summed E-state index contributed by atoms with van der Waals surface area (Å²) in [6.07, 6.45) is 4.62. The molecule has 1 aromatic carbocycles. The summed E-state index contributed by atoms with van der Waals surface area (Å²) in [6.45, 7) is 7.71. The quantitative estimate of drug-likeness (QED) is 0.783. The van der Waals surface area contributed by atoms with Crippen LogP contribution in [0.25, 0.3) is 0 Å². The Hall–Kier alpha value is -1.79. The van der Waals surface area contributed by atoms with E-state index in [9.17, 15) is 4.79 Å². The topological polar surface area (TPSA) is 56.8 Å².